The molecule has 5 rings (SSSR count). The van der Waals surface area contributed by atoms with Crippen LogP contribution in [-0.2, 0) is 24.4 Å². The maximum Gasteiger partial charge on any atom is 0.245 e. The quantitative estimate of drug-likeness (QED) is 0.611. The number of nitrogens with zero attached hydrogens (tertiary/aromatic N) is 4. The van der Waals surface area contributed by atoms with Gasteiger partial charge in [0.2, 0.25) is 27.7 Å². The topological polar surface area (TPSA) is 108 Å². The number of benzene rings is 1. The van der Waals surface area contributed by atoms with Gasteiger partial charge in [0.1, 0.15) is 6.04 Å². The Hall–Kier alpha value is -2.85. The summed E-state index contributed by atoms with van der Waals surface area (Å²) in [5, 5.41) is 1.35. The van der Waals surface area contributed by atoms with Crippen molar-refractivity contribution in [3.63, 3.8) is 0 Å². The highest BCUT2D eigenvalue weighted by atomic mass is 32.2. The van der Waals surface area contributed by atoms with E-state index in [1.165, 1.54) is 4.31 Å². The normalized spacial score (nSPS) is 25.0. The molecule has 1 saturated carbocycles. The molecule has 2 saturated heterocycles. The summed E-state index contributed by atoms with van der Waals surface area (Å²) in [4.78, 5) is 45.9. The van der Waals surface area contributed by atoms with Gasteiger partial charge in [0, 0.05) is 49.3 Å². The highest BCUT2D eigenvalue weighted by molar-refractivity contribution is 7.89. The number of pyridine rings is 1. The molecule has 2 aromatic rings. The zero-order chi connectivity index (χ0) is 24.0. The largest absolute Gasteiger partial charge is 0.338 e. The fraction of sp³-hybridized carbons (Fsp3) is 0.500. The number of hydrogen-bond donors (Lipinski definition) is 0. The van der Waals surface area contributed by atoms with Gasteiger partial charge in [-0.25, -0.2) is 8.42 Å². The summed E-state index contributed by atoms with van der Waals surface area (Å²) < 4.78 is 28.1. The van der Waals surface area contributed by atoms with E-state index in [9.17, 15) is 22.8 Å². The fourth-order valence-electron chi connectivity index (χ4n) is 5.55. The summed E-state index contributed by atoms with van der Waals surface area (Å²) in [6.45, 7) is 2.31. The zero-order valence-corrected chi connectivity index (χ0v) is 19.9. The number of imide groups is 1. The monoisotopic (exact) mass is 484 g/mol. The Morgan fingerprint density at radius 3 is 2.29 bits per heavy atom. The molecule has 2 aliphatic heterocycles. The Morgan fingerprint density at radius 1 is 1.00 bits per heavy atom. The molecule has 3 heterocycles. The molecule has 10 heteroatoms. The first-order valence-electron chi connectivity index (χ1n) is 11.8. The number of hydrogen-bond acceptors (Lipinski definition) is 6. The van der Waals surface area contributed by atoms with E-state index >= 15 is 0 Å². The second kappa shape index (κ2) is 8.74. The molecule has 0 bridgehead atoms. The van der Waals surface area contributed by atoms with Crippen molar-refractivity contribution in [2.45, 2.75) is 43.5 Å². The van der Waals surface area contributed by atoms with E-state index < -0.39 is 16.1 Å². The van der Waals surface area contributed by atoms with E-state index in [1.807, 2.05) is 6.07 Å². The predicted octanol–water partition coefficient (Wildman–Crippen LogP) is 1.63. The van der Waals surface area contributed by atoms with Gasteiger partial charge in [-0.3, -0.25) is 24.3 Å². The Balaban J connectivity index is 1.28. The van der Waals surface area contributed by atoms with E-state index in [4.69, 9.17) is 0 Å². The average molecular weight is 485 g/mol. The Labute approximate surface area is 198 Å². The van der Waals surface area contributed by atoms with Gasteiger partial charge < -0.3 is 4.90 Å². The van der Waals surface area contributed by atoms with Crippen molar-refractivity contribution in [1.82, 2.24) is 19.1 Å². The third kappa shape index (κ3) is 3.69. The van der Waals surface area contributed by atoms with Crippen molar-refractivity contribution in [3.8, 4) is 0 Å². The van der Waals surface area contributed by atoms with Gasteiger partial charge in [-0.2, -0.15) is 4.31 Å². The lowest BCUT2D eigenvalue weighted by Crippen LogP contribution is -2.56. The van der Waals surface area contributed by atoms with Crippen LogP contribution in [-0.4, -0.2) is 77.4 Å². The second-order valence-electron chi connectivity index (χ2n) is 9.30. The summed E-state index contributed by atoms with van der Waals surface area (Å²) in [6, 6.07) is 5.91. The standard InChI is InChI=1S/C24H28N4O5S/c1-16(28-23(30)19-6-2-3-7-20(19)24(28)31)22(29)26-11-13-27(14-12-26)34(32,33)21-8-4-5-17-15-25-10-9-18(17)21/h4-5,8-10,15-16,19-20H,2-3,6-7,11-14H2,1H3. The van der Waals surface area contributed by atoms with Crippen LogP contribution in [0.25, 0.3) is 10.8 Å². The third-order valence-corrected chi connectivity index (χ3v) is 9.39. The van der Waals surface area contributed by atoms with Crippen LogP contribution in [0.15, 0.2) is 41.6 Å². The van der Waals surface area contributed by atoms with Crippen molar-refractivity contribution in [1.29, 1.82) is 0 Å². The number of carbonyl (C=O) groups excluding carboxylic acids is 3. The van der Waals surface area contributed by atoms with Gasteiger partial charge >= 0.3 is 0 Å². The van der Waals surface area contributed by atoms with Crippen molar-refractivity contribution in [3.05, 3.63) is 36.7 Å². The molecule has 1 aromatic heterocycles. The molecule has 0 spiro atoms. The number of carbonyl (C=O) groups is 3. The molecule has 3 amide bonds. The molecule has 34 heavy (non-hydrogen) atoms. The summed E-state index contributed by atoms with van der Waals surface area (Å²) in [5.41, 5.74) is 0. The first kappa shape index (κ1) is 22.9. The van der Waals surface area contributed by atoms with E-state index in [0.717, 1.165) is 23.1 Å². The van der Waals surface area contributed by atoms with Crippen LogP contribution in [0.4, 0.5) is 0 Å². The lowest BCUT2D eigenvalue weighted by atomic mass is 9.81. The lowest BCUT2D eigenvalue weighted by molar-refractivity contribution is -0.151. The molecule has 1 aliphatic carbocycles. The maximum atomic E-state index is 13.4. The van der Waals surface area contributed by atoms with Crippen LogP contribution >= 0.6 is 0 Å². The number of aromatic nitrogens is 1. The smallest absolute Gasteiger partial charge is 0.245 e. The van der Waals surface area contributed by atoms with Gasteiger partial charge in [0.15, 0.2) is 0 Å². The van der Waals surface area contributed by atoms with Crippen LogP contribution in [0.2, 0.25) is 0 Å². The number of likely N-dealkylation sites (tertiary alicyclic amines) is 1. The van der Waals surface area contributed by atoms with Crippen molar-refractivity contribution in [2.24, 2.45) is 11.8 Å². The fourth-order valence-corrected chi connectivity index (χ4v) is 7.19. The zero-order valence-electron chi connectivity index (χ0n) is 19.1. The maximum absolute atomic E-state index is 13.4. The summed E-state index contributed by atoms with van der Waals surface area (Å²) >= 11 is 0. The van der Waals surface area contributed by atoms with E-state index in [-0.39, 0.29) is 60.6 Å². The van der Waals surface area contributed by atoms with Crippen molar-refractivity contribution < 1.29 is 22.8 Å². The van der Waals surface area contributed by atoms with Gasteiger partial charge in [-0.05, 0) is 31.9 Å². The molecule has 0 radical (unpaired) electrons. The molecule has 9 nitrogen and oxygen atoms in total. The van der Waals surface area contributed by atoms with Crippen LogP contribution in [0.5, 0.6) is 0 Å². The molecule has 3 atom stereocenters. The van der Waals surface area contributed by atoms with Gasteiger partial charge in [-0.15, -0.1) is 0 Å². The van der Waals surface area contributed by atoms with Crippen LogP contribution < -0.4 is 0 Å². The molecule has 3 fully saturated rings. The van der Waals surface area contributed by atoms with E-state index in [0.29, 0.717) is 18.2 Å². The van der Waals surface area contributed by atoms with Crippen LogP contribution in [0, 0.1) is 11.8 Å². The van der Waals surface area contributed by atoms with Crippen molar-refractivity contribution in [2.75, 3.05) is 26.2 Å². The number of piperazine rings is 1. The highest BCUT2D eigenvalue weighted by Crippen LogP contribution is 2.39. The first-order valence-corrected chi connectivity index (χ1v) is 13.2. The molecule has 3 aliphatic rings. The molecular weight excluding hydrogens is 456 g/mol. The minimum absolute atomic E-state index is 0.148. The van der Waals surface area contributed by atoms with Gasteiger partial charge in [0.05, 0.1) is 16.7 Å². The number of amides is 3. The Kier molecular flexibility index (Phi) is 5.89. The Bertz CT molecular complexity index is 1230. The van der Waals surface area contributed by atoms with E-state index in [2.05, 4.69) is 4.98 Å². The summed E-state index contributed by atoms with van der Waals surface area (Å²) in [6.07, 6.45) is 6.46. The number of rotatable bonds is 4. The van der Waals surface area contributed by atoms with Crippen LogP contribution in [0.3, 0.4) is 0 Å². The minimum Gasteiger partial charge on any atom is -0.338 e. The minimum atomic E-state index is -3.76. The predicted molar refractivity (Wildman–Crippen MR) is 124 cm³/mol. The first-order chi connectivity index (χ1) is 16.3. The number of fused-ring (bicyclic) bond motifs is 2. The third-order valence-electron chi connectivity index (χ3n) is 7.43. The van der Waals surface area contributed by atoms with Crippen LogP contribution in [0.1, 0.15) is 32.6 Å². The van der Waals surface area contributed by atoms with Crippen molar-refractivity contribution >= 4 is 38.5 Å². The molecule has 1 aromatic carbocycles. The van der Waals surface area contributed by atoms with E-state index in [1.54, 1.807) is 42.4 Å². The summed E-state index contributed by atoms with van der Waals surface area (Å²) in [7, 11) is -3.76. The molecule has 0 N–H and O–H groups in total. The molecule has 3 unspecified atom stereocenters. The number of sulfonamides is 1. The second-order valence-corrected chi connectivity index (χ2v) is 11.2. The lowest BCUT2D eigenvalue weighted by Gasteiger charge is -2.36. The molecular formula is C24H28N4O5S. The summed E-state index contributed by atoms with van der Waals surface area (Å²) in [5.74, 6) is -1.37. The Morgan fingerprint density at radius 2 is 1.65 bits per heavy atom. The highest BCUT2D eigenvalue weighted by Gasteiger charge is 2.51. The SMILES string of the molecule is CC(C(=O)N1CCN(S(=O)(=O)c2cccc3cnccc23)CC1)N1C(=O)C2CCCCC2C1=O. The van der Waals surface area contributed by atoms with Gasteiger partial charge in [0.25, 0.3) is 0 Å². The average Bonchev–Trinajstić information content (AvgIpc) is 3.12. The molecule has 180 valence electrons. The van der Waals surface area contributed by atoms with Gasteiger partial charge in [-0.1, -0.05) is 25.0 Å².